The molecule has 1 atom stereocenters. The number of benzene rings is 1. The fourth-order valence-corrected chi connectivity index (χ4v) is 3.34. The van der Waals surface area contributed by atoms with Gasteiger partial charge in [0.25, 0.3) is 5.91 Å². The van der Waals surface area contributed by atoms with Crippen LogP contribution >= 0.6 is 0 Å². The highest BCUT2D eigenvalue weighted by Gasteiger charge is 2.22. The number of amides is 2. The minimum atomic E-state index is -0.117. The third-order valence-corrected chi connectivity index (χ3v) is 5.07. The molecule has 30 heavy (non-hydrogen) atoms. The van der Waals surface area contributed by atoms with Gasteiger partial charge in [-0.05, 0) is 30.5 Å². The van der Waals surface area contributed by atoms with Crippen molar-refractivity contribution in [2.45, 2.75) is 25.5 Å². The zero-order chi connectivity index (χ0) is 21.2. The molecule has 0 bridgehead atoms. The Morgan fingerprint density at radius 3 is 2.87 bits per heavy atom. The van der Waals surface area contributed by atoms with Crippen LogP contribution < -0.4 is 16.0 Å². The van der Waals surface area contributed by atoms with Crippen LogP contribution in [-0.2, 0) is 20.8 Å². The molecule has 0 aromatic heterocycles. The van der Waals surface area contributed by atoms with Crippen LogP contribution in [0.1, 0.15) is 28.8 Å². The van der Waals surface area contributed by atoms with E-state index in [9.17, 15) is 9.59 Å². The number of carbonyl (C=O) groups is 2. The second kappa shape index (κ2) is 11.5. The molecule has 3 rings (SSSR count). The Kier molecular flexibility index (Phi) is 8.46. The Balaban J connectivity index is 1.36. The van der Waals surface area contributed by atoms with Crippen LogP contribution in [0.25, 0.3) is 0 Å². The number of hydrogen-bond donors (Lipinski definition) is 3. The van der Waals surface area contributed by atoms with Crippen LogP contribution in [-0.4, -0.2) is 81.8 Å². The minimum Gasteiger partial charge on any atom is -0.379 e. The lowest BCUT2D eigenvalue weighted by atomic mass is 10.1. The highest BCUT2D eigenvalue weighted by Crippen LogP contribution is 2.09. The monoisotopic (exact) mass is 417 g/mol. The van der Waals surface area contributed by atoms with Gasteiger partial charge in [0.05, 0.1) is 19.3 Å². The van der Waals surface area contributed by atoms with Gasteiger partial charge < -0.3 is 30.3 Å². The van der Waals surface area contributed by atoms with E-state index in [1.165, 1.54) is 0 Å². The highest BCUT2D eigenvalue weighted by molar-refractivity contribution is 5.97. The Labute approximate surface area is 177 Å². The summed E-state index contributed by atoms with van der Waals surface area (Å²) in [6.07, 6.45) is 2.11. The van der Waals surface area contributed by atoms with Crippen LogP contribution in [0.15, 0.2) is 29.3 Å². The first kappa shape index (κ1) is 22.0. The molecule has 2 aliphatic rings. The van der Waals surface area contributed by atoms with Gasteiger partial charge in [0.2, 0.25) is 5.91 Å². The van der Waals surface area contributed by atoms with Gasteiger partial charge in [-0.2, -0.15) is 0 Å². The lowest BCUT2D eigenvalue weighted by Gasteiger charge is -2.26. The summed E-state index contributed by atoms with van der Waals surface area (Å²) >= 11 is 0. The van der Waals surface area contributed by atoms with Crippen LogP contribution in [0.5, 0.6) is 0 Å². The smallest absolute Gasteiger partial charge is 0.254 e. The number of guanidine groups is 1. The highest BCUT2D eigenvalue weighted by atomic mass is 16.5. The van der Waals surface area contributed by atoms with Crippen molar-refractivity contribution in [2.24, 2.45) is 4.99 Å². The van der Waals surface area contributed by atoms with E-state index in [0.717, 1.165) is 37.5 Å². The Bertz CT molecular complexity index is 731. The minimum absolute atomic E-state index is 0.115. The first-order chi connectivity index (χ1) is 14.7. The fourth-order valence-electron chi connectivity index (χ4n) is 3.34. The summed E-state index contributed by atoms with van der Waals surface area (Å²) in [5.74, 6) is 0.486. The number of nitrogens with zero attached hydrogens (tertiary/aromatic N) is 2. The third-order valence-electron chi connectivity index (χ3n) is 5.07. The predicted molar refractivity (Wildman–Crippen MR) is 113 cm³/mol. The van der Waals surface area contributed by atoms with Crippen molar-refractivity contribution in [1.82, 2.24) is 20.9 Å². The lowest BCUT2D eigenvalue weighted by Crippen LogP contribution is -2.49. The number of ether oxygens (including phenoxy) is 2. The van der Waals surface area contributed by atoms with E-state index in [4.69, 9.17) is 9.47 Å². The fraction of sp³-hybridized carbons (Fsp3) is 0.571. The SMILES string of the molecule is CN=C(NCCCOC1CCOC1)NCc1ccc(C(=O)N2CCNC(=O)C2)cc1. The summed E-state index contributed by atoms with van der Waals surface area (Å²) in [5, 5.41) is 9.26. The second-order valence-electron chi connectivity index (χ2n) is 7.34. The summed E-state index contributed by atoms with van der Waals surface area (Å²) in [6, 6.07) is 7.42. The topological polar surface area (TPSA) is 104 Å². The van der Waals surface area contributed by atoms with Gasteiger partial charge in [0.15, 0.2) is 5.96 Å². The predicted octanol–water partition coefficient (Wildman–Crippen LogP) is 0.119. The van der Waals surface area contributed by atoms with Gasteiger partial charge in [0, 0.05) is 52.0 Å². The number of hydrogen-bond acceptors (Lipinski definition) is 5. The van der Waals surface area contributed by atoms with Gasteiger partial charge >= 0.3 is 0 Å². The largest absolute Gasteiger partial charge is 0.379 e. The summed E-state index contributed by atoms with van der Waals surface area (Å²) in [6.45, 7) is 4.71. The molecule has 9 nitrogen and oxygen atoms in total. The van der Waals surface area contributed by atoms with Gasteiger partial charge in [-0.15, -0.1) is 0 Å². The number of nitrogens with one attached hydrogen (secondary N) is 3. The van der Waals surface area contributed by atoms with Crippen molar-refractivity contribution < 1.29 is 19.1 Å². The summed E-state index contributed by atoms with van der Waals surface area (Å²) in [5.41, 5.74) is 1.62. The average molecular weight is 418 g/mol. The maximum atomic E-state index is 12.5. The first-order valence-electron chi connectivity index (χ1n) is 10.4. The zero-order valence-corrected chi connectivity index (χ0v) is 17.5. The molecule has 2 amide bonds. The Morgan fingerprint density at radius 1 is 1.33 bits per heavy atom. The molecule has 1 aromatic rings. The molecular formula is C21H31N5O4. The van der Waals surface area contributed by atoms with E-state index in [0.29, 0.717) is 38.4 Å². The summed E-state index contributed by atoms with van der Waals surface area (Å²) in [7, 11) is 1.73. The van der Waals surface area contributed by atoms with E-state index in [1.54, 1.807) is 24.1 Å². The summed E-state index contributed by atoms with van der Waals surface area (Å²) < 4.78 is 11.0. The maximum Gasteiger partial charge on any atom is 0.254 e. The molecule has 2 aliphatic heterocycles. The quantitative estimate of drug-likeness (QED) is 0.315. The van der Waals surface area contributed by atoms with Crippen LogP contribution in [0.2, 0.25) is 0 Å². The second-order valence-corrected chi connectivity index (χ2v) is 7.34. The molecule has 0 saturated carbocycles. The molecule has 2 saturated heterocycles. The van der Waals surface area contributed by atoms with Crippen molar-refractivity contribution in [3.8, 4) is 0 Å². The zero-order valence-electron chi connectivity index (χ0n) is 17.5. The number of carbonyl (C=O) groups excluding carboxylic acids is 2. The molecule has 2 fully saturated rings. The number of piperazine rings is 1. The number of aliphatic imine (C=N–C) groups is 1. The Hall–Kier alpha value is -2.65. The van der Waals surface area contributed by atoms with Crippen LogP contribution in [0, 0.1) is 0 Å². The van der Waals surface area contributed by atoms with E-state index in [1.807, 2.05) is 12.1 Å². The van der Waals surface area contributed by atoms with Gasteiger partial charge in [0.1, 0.15) is 0 Å². The third kappa shape index (κ3) is 6.70. The molecule has 1 unspecified atom stereocenters. The first-order valence-corrected chi connectivity index (χ1v) is 10.4. The molecule has 0 radical (unpaired) electrons. The van der Waals surface area contributed by atoms with Gasteiger partial charge in [-0.25, -0.2) is 0 Å². The van der Waals surface area contributed by atoms with Crippen LogP contribution in [0.3, 0.4) is 0 Å². The molecule has 164 valence electrons. The molecular weight excluding hydrogens is 386 g/mol. The van der Waals surface area contributed by atoms with E-state index < -0.39 is 0 Å². The van der Waals surface area contributed by atoms with Crippen LogP contribution in [0.4, 0.5) is 0 Å². The van der Waals surface area contributed by atoms with E-state index in [2.05, 4.69) is 20.9 Å². The average Bonchev–Trinajstić information content (AvgIpc) is 3.29. The standard InChI is InChI=1S/C21H31N5O4/c1-22-21(24-8-2-11-30-18-7-12-29-15-18)25-13-16-3-5-17(6-4-16)20(28)26-10-9-23-19(27)14-26/h3-6,18H,2,7-15H2,1H3,(H,23,27)(H2,22,24,25). The molecule has 0 aliphatic carbocycles. The van der Waals surface area contributed by atoms with E-state index in [-0.39, 0.29) is 24.5 Å². The molecule has 0 spiro atoms. The van der Waals surface area contributed by atoms with Crippen molar-refractivity contribution in [2.75, 3.05) is 53.0 Å². The molecule has 2 heterocycles. The van der Waals surface area contributed by atoms with E-state index >= 15 is 0 Å². The maximum absolute atomic E-state index is 12.5. The number of rotatable bonds is 8. The Morgan fingerprint density at radius 2 is 2.17 bits per heavy atom. The summed E-state index contributed by atoms with van der Waals surface area (Å²) in [4.78, 5) is 29.8. The van der Waals surface area contributed by atoms with Crippen molar-refractivity contribution >= 4 is 17.8 Å². The van der Waals surface area contributed by atoms with Crippen molar-refractivity contribution in [3.05, 3.63) is 35.4 Å². The van der Waals surface area contributed by atoms with Crippen molar-refractivity contribution in [3.63, 3.8) is 0 Å². The lowest BCUT2D eigenvalue weighted by molar-refractivity contribution is -0.123. The van der Waals surface area contributed by atoms with Gasteiger partial charge in [-0.1, -0.05) is 12.1 Å². The molecule has 3 N–H and O–H groups in total. The normalized spacial score (nSPS) is 19.5. The molecule has 1 aromatic carbocycles. The van der Waals surface area contributed by atoms with Crippen molar-refractivity contribution in [1.29, 1.82) is 0 Å². The molecule has 9 heteroatoms. The van der Waals surface area contributed by atoms with Gasteiger partial charge in [-0.3, -0.25) is 14.6 Å².